The average molecular weight is 648 g/mol. The van der Waals surface area contributed by atoms with Crippen molar-refractivity contribution in [2.45, 2.75) is 5.60 Å². The molecule has 1 aliphatic carbocycles. The van der Waals surface area contributed by atoms with Crippen molar-refractivity contribution in [2.75, 3.05) is 6.61 Å². The molecule has 3 rings (SSSR count). The Labute approximate surface area is 200 Å². The van der Waals surface area contributed by atoms with E-state index in [0.29, 0.717) is 11.1 Å². The molecule has 0 spiro atoms. The summed E-state index contributed by atoms with van der Waals surface area (Å²) in [5.74, 6) is -1.09. The molecule has 0 aliphatic heterocycles. The van der Waals surface area contributed by atoms with Gasteiger partial charge in [0.15, 0.2) is 11.4 Å². The molecular formula is C21H12Br4O4. The molecule has 0 radical (unpaired) electrons. The second-order valence-electron chi connectivity index (χ2n) is 6.04. The Hall–Kier alpha value is -1.19. The summed E-state index contributed by atoms with van der Waals surface area (Å²) in [4.78, 5) is 38.7. The molecule has 148 valence electrons. The highest BCUT2D eigenvalue weighted by Gasteiger charge is 2.52. The van der Waals surface area contributed by atoms with Gasteiger partial charge in [-0.15, -0.1) is 0 Å². The summed E-state index contributed by atoms with van der Waals surface area (Å²) in [6, 6.07) is 17.2. The Morgan fingerprint density at radius 3 is 1.69 bits per heavy atom. The van der Waals surface area contributed by atoms with Crippen LogP contribution < -0.4 is 0 Å². The van der Waals surface area contributed by atoms with Gasteiger partial charge < -0.3 is 4.74 Å². The Kier molecular flexibility index (Phi) is 7.22. The fourth-order valence-electron chi connectivity index (χ4n) is 2.77. The van der Waals surface area contributed by atoms with Gasteiger partial charge in [-0.05, 0) is 31.9 Å². The zero-order valence-corrected chi connectivity index (χ0v) is 21.0. The van der Waals surface area contributed by atoms with Gasteiger partial charge in [0, 0.05) is 11.1 Å². The van der Waals surface area contributed by atoms with Crippen molar-refractivity contribution in [1.29, 1.82) is 0 Å². The monoisotopic (exact) mass is 644 g/mol. The van der Waals surface area contributed by atoms with Crippen LogP contribution in [0.25, 0.3) is 0 Å². The predicted molar refractivity (Wildman–Crippen MR) is 125 cm³/mol. The van der Waals surface area contributed by atoms with E-state index in [9.17, 15) is 14.4 Å². The summed E-state index contributed by atoms with van der Waals surface area (Å²) in [5, 5.41) is 0. The molecule has 8 heteroatoms. The number of Topliss-reactive ketones (excluding diaryl/α,β-unsaturated/α-hetero) is 3. The second kappa shape index (κ2) is 9.31. The second-order valence-corrected chi connectivity index (χ2v) is 9.21. The summed E-state index contributed by atoms with van der Waals surface area (Å²) < 4.78 is 6.61. The molecule has 0 amide bonds. The minimum Gasteiger partial charge on any atom is -0.348 e. The zero-order chi connectivity index (χ0) is 21.2. The molecule has 2 aromatic rings. The fourth-order valence-corrected chi connectivity index (χ4v) is 5.60. The van der Waals surface area contributed by atoms with Gasteiger partial charge in [-0.2, -0.15) is 0 Å². The highest BCUT2D eigenvalue weighted by Crippen LogP contribution is 2.49. The highest BCUT2D eigenvalue weighted by molar-refractivity contribution is 9.15. The molecule has 0 N–H and O–H groups in total. The number of allylic oxidation sites excluding steroid dienone is 2. The number of ketones is 3. The summed E-state index contributed by atoms with van der Waals surface area (Å²) in [6.45, 7) is -0.373. The third-order valence-corrected chi connectivity index (χ3v) is 8.76. The third kappa shape index (κ3) is 4.18. The van der Waals surface area contributed by atoms with Crippen molar-refractivity contribution in [3.63, 3.8) is 0 Å². The van der Waals surface area contributed by atoms with Crippen molar-refractivity contribution in [1.82, 2.24) is 0 Å². The maximum atomic E-state index is 13.6. The van der Waals surface area contributed by atoms with Crippen LogP contribution in [0.1, 0.15) is 20.7 Å². The lowest BCUT2D eigenvalue weighted by atomic mass is 9.88. The van der Waals surface area contributed by atoms with Crippen LogP contribution in [0.4, 0.5) is 0 Å². The number of benzene rings is 2. The molecule has 0 heterocycles. The van der Waals surface area contributed by atoms with Crippen LogP contribution in [0, 0.1) is 0 Å². The van der Waals surface area contributed by atoms with Gasteiger partial charge in [0.1, 0.15) is 6.61 Å². The first-order chi connectivity index (χ1) is 13.8. The van der Waals surface area contributed by atoms with Crippen LogP contribution in [0.3, 0.4) is 0 Å². The number of rotatable bonds is 6. The van der Waals surface area contributed by atoms with Crippen molar-refractivity contribution >= 4 is 81.1 Å². The van der Waals surface area contributed by atoms with Crippen LogP contribution in [0.15, 0.2) is 78.6 Å². The van der Waals surface area contributed by atoms with Gasteiger partial charge in [0.25, 0.3) is 0 Å². The summed E-state index contributed by atoms with van der Waals surface area (Å²) in [5.41, 5.74) is -0.916. The molecule has 0 aromatic heterocycles. The minimum absolute atomic E-state index is 0.129. The summed E-state index contributed by atoms with van der Waals surface area (Å²) in [7, 11) is 0. The Morgan fingerprint density at radius 2 is 1.21 bits per heavy atom. The molecular weight excluding hydrogens is 636 g/mol. The van der Waals surface area contributed by atoms with Crippen molar-refractivity contribution in [3.8, 4) is 0 Å². The van der Waals surface area contributed by atoms with Crippen LogP contribution >= 0.6 is 63.7 Å². The van der Waals surface area contributed by atoms with Crippen molar-refractivity contribution in [2.24, 2.45) is 0 Å². The lowest BCUT2D eigenvalue weighted by Crippen LogP contribution is -2.47. The van der Waals surface area contributed by atoms with Gasteiger partial charge >= 0.3 is 0 Å². The predicted octanol–water partition coefficient (Wildman–Crippen LogP) is 6.09. The van der Waals surface area contributed by atoms with E-state index in [1.165, 1.54) is 0 Å². The standard InChI is InChI=1S/C21H12Br4O4/c22-15-17(27)16(23)19(25)21(18(15)24,20(28)13-9-5-2-6-10-13)29-11-14(26)12-7-3-1-4-8-12/h1-10H,11H2. The summed E-state index contributed by atoms with van der Waals surface area (Å²) >= 11 is 13.2. The fraction of sp³-hybridized carbons (Fsp3) is 0.0952. The molecule has 0 saturated carbocycles. The number of halogens is 4. The Balaban J connectivity index is 2.09. The molecule has 1 aliphatic rings. The molecule has 29 heavy (non-hydrogen) atoms. The van der Waals surface area contributed by atoms with Crippen LogP contribution in [0.2, 0.25) is 0 Å². The maximum Gasteiger partial charge on any atom is 0.208 e. The number of carbonyl (C=O) groups is 3. The molecule has 0 saturated heterocycles. The van der Waals surface area contributed by atoms with E-state index in [1.54, 1.807) is 60.7 Å². The smallest absolute Gasteiger partial charge is 0.208 e. The van der Waals surface area contributed by atoms with Gasteiger partial charge in [-0.1, -0.05) is 92.5 Å². The van der Waals surface area contributed by atoms with E-state index >= 15 is 0 Å². The topological polar surface area (TPSA) is 60.4 Å². The first-order valence-corrected chi connectivity index (χ1v) is 11.5. The van der Waals surface area contributed by atoms with E-state index < -0.39 is 11.4 Å². The molecule has 0 fully saturated rings. The maximum absolute atomic E-state index is 13.6. The average Bonchev–Trinajstić information content (AvgIpc) is 2.77. The zero-order valence-electron chi connectivity index (χ0n) is 14.6. The lowest BCUT2D eigenvalue weighted by molar-refractivity contribution is -0.111. The minimum atomic E-state index is -1.74. The number of ether oxygens (including phenoxy) is 1. The van der Waals surface area contributed by atoms with E-state index in [0.717, 1.165) is 0 Å². The highest BCUT2D eigenvalue weighted by atomic mass is 79.9. The molecule has 2 aromatic carbocycles. The van der Waals surface area contributed by atoms with Gasteiger partial charge in [0.2, 0.25) is 11.6 Å². The largest absolute Gasteiger partial charge is 0.348 e. The lowest BCUT2D eigenvalue weighted by Gasteiger charge is -2.35. The van der Waals surface area contributed by atoms with Gasteiger partial charge in [-0.3, -0.25) is 14.4 Å². The van der Waals surface area contributed by atoms with E-state index in [1.807, 2.05) is 0 Å². The van der Waals surface area contributed by atoms with Crippen molar-refractivity contribution in [3.05, 3.63) is 89.7 Å². The van der Waals surface area contributed by atoms with E-state index in [2.05, 4.69) is 63.7 Å². The first kappa shape index (κ1) is 22.5. The normalized spacial score (nSPS) is 16.2. The number of hydrogen-bond acceptors (Lipinski definition) is 4. The number of hydrogen-bond donors (Lipinski definition) is 0. The van der Waals surface area contributed by atoms with Crippen LogP contribution in [-0.2, 0) is 9.53 Å². The van der Waals surface area contributed by atoms with Crippen LogP contribution in [0.5, 0.6) is 0 Å². The summed E-state index contributed by atoms with van der Waals surface area (Å²) in [6.07, 6.45) is 0. The molecule has 0 unspecified atom stereocenters. The SMILES string of the molecule is O=C1C(Br)=C(Br)C(OCC(=O)c2ccccc2)(C(=O)c2ccccc2)C(Br)=C1Br. The van der Waals surface area contributed by atoms with Crippen LogP contribution in [-0.4, -0.2) is 29.6 Å². The number of carbonyl (C=O) groups excluding carboxylic acids is 3. The van der Waals surface area contributed by atoms with Crippen molar-refractivity contribution < 1.29 is 19.1 Å². The van der Waals surface area contributed by atoms with E-state index in [-0.39, 0.29) is 36.1 Å². The van der Waals surface area contributed by atoms with E-state index in [4.69, 9.17) is 4.74 Å². The Bertz CT molecular complexity index is 1010. The quantitative estimate of drug-likeness (QED) is 0.356. The van der Waals surface area contributed by atoms with Gasteiger partial charge in [0.05, 0.1) is 17.9 Å². The first-order valence-electron chi connectivity index (χ1n) is 8.29. The molecule has 0 bridgehead atoms. The van der Waals surface area contributed by atoms with Gasteiger partial charge in [-0.25, -0.2) is 0 Å². The molecule has 0 atom stereocenters. The third-order valence-electron chi connectivity index (χ3n) is 4.27. The Morgan fingerprint density at radius 1 is 0.759 bits per heavy atom. The molecule has 4 nitrogen and oxygen atoms in total.